The van der Waals surface area contributed by atoms with Gasteiger partial charge < -0.3 is 20.3 Å². The highest BCUT2D eigenvalue weighted by atomic mass is 16.6. The number of carbonyl (C=O) groups is 1. The summed E-state index contributed by atoms with van der Waals surface area (Å²) in [5, 5.41) is 21.8. The average molecular weight is 218 g/mol. The minimum Gasteiger partial charge on any atom is -0.444 e. The van der Waals surface area contributed by atoms with E-state index in [2.05, 4.69) is 5.32 Å². The summed E-state index contributed by atoms with van der Waals surface area (Å²) < 4.78 is 5.05. The second-order valence-corrected chi connectivity index (χ2v) is 4.58. The van der Waals surface area contributed by atoms with E-state index in [0.29, 0.717) is 6.54 Å². The standard InChI is InChI=1S/C9H18N2O4/c1-8(2,3)15-7(12)11-5-4-10-6-9(11,13)14/h10,13-14H,4-6H2,1-3H3. The highest BCUT2D eigenvalue weighted by molar-refractivity contribution is 5.68. The number of carbonyl (C=O) groups excluding carboxylic acids is 1. The van der Waals surface area contributed by atoms with Gasteiger partial charge in [-0.05, 0) is 20.8 Å². The molecule has 15 heavy (non-hydrogen) atoms. The van der Waals surface area contributed by atoms with Crippen LogP contribution in [0.3, 0.4) is 0 Å². The fraction of sp³-hybridized carbons (Fsp3) is 0.889. The second kappa shape index (κ2) is 3.96. The molecule has 0 radical (unpaired) electrons. The summed E-state index contributed by atoms with van der Waals surface area (Å²) in [7, 11) is 0. The minimum atomic E-state index is -2.17. The Morgan fingerprint density at radius 3 is 2.53 bits per heavy atom. The van der Waals surface area contributed by atoms with Crippen molar-refractivity contribution in [2.24, 2.45) is 0 Å². The fourth-order valence-electron chi connectivity index (χ4n) is 1.28. The molecule has 1 aliphatic rings. The van der Waals surface area contributed by atoms with Crippen LogP contribution in [0.15, 0.2) is 0 Å². The van der Waals surface area contributed by atoms with Crippen LogP contribution in [0.5, 0.6) is 0 Å². The number of nitrogens with zero attached hydrogens (tertiary/aromatic N) is 1. The Bertz CT molecular complexity index is 247. The molecule has 0 atom stereocenters. The number of ether oxygens (including phenoxy) is 1. The maximum absolute atomic E-state index is 11.6. The number of amides is 1. The van der Waals surface area contributed by atoms with Gasteiger partial charge in [-0.25, -0.2) is 4.79 Å². The fourth-order valence-corrected chi connectivity index (χ4v) is 1.28. The van der Waals surface area contributed by atoms with E-state index in [4.69, 9.17) is 4.74 Å². The molecule has 0 spiro atoms. The summed E-state index contributed by atoms with van der Waals surface area (Å²) in [5.41, 5.74) is -0.641. The van der Waals surface area contributed by atoms with Gasteiger partial charge in [0.15, 0.2) is 0 Å². The van der Waals surface area contributed by atoms with Crippen LogP contribution < -0.4 is 5.32 Å². The summed E-state index contributed by atoms with van der Waals surface area (Å²) in [5.74, 6) is -2.17. The maximum Gasteiger partial charge on any atom is 0.414 e. The van der Waals surface area contributed by atoms with Crippen molar-refractivity contribution in [2.45, 2.75) is 32.3 Å². The Morgan fingerprint density at radius 1 is 1.47 bits per heavy atom. The molecule has 1 fully saturated rings. The number of hydrogen-bond acceptors (Lipinski definition) is 5. The third-order valence-electron chi connectivity index (χ3n) is 1.92. The molecule has 1 heterocycles. The van der Waals surface area contributed by atoms with Crippen molar-refractivity contribution < 1.29 is 19.7 Å². The van der Waals surface area contributed by atoms with Gasteiger partial charge >= 0.3 is 6.09 Å². The Hall–Kier alpha value is -0.850. The molecule has 88 valence electrons. The van der Waals surface area contributed by atoms with Crippen molar-refractivity contribution in [3.05, 3.63) is 0 Å². The molecule has 0 bridgehead atoms. The highest BCUT2D eigenvalue weighted by Crippen LogP contribution is 2.16. The highest BCUT2D eigenvalue weighted by Gasteiger charge is 2.40. The molecule has 0 aromatic carbocycles. The van der Waals surface area contributed by atoms with E-state index in [1.54, 1.807) is 20.8 Å². The Morgan fingerprint density at radius 2 is 2.07 bits per heavy atom. The summed E-state index contributed by atoms with van der Waals surface area (Å²) in [6, 6.07) is 0. The number of hydrogen-bond donors (Lipinski definition) is 3. The molecule has 1 saturated heterocycles. The lowest BCUT2D eigenvalue weighted by Gasteiger charge is -2.39. The zero-order valence-corrected chi connectivity index (χ0v) is 9.28. The summed E-state index contributed by atoms with van der Waals surface area (Å²) in [6.07, 6.45) is -0.714. The van der Waals surface area contributed by atoms with Gasteiger partial charge in [-0.1, -0.05) is 0 Å². The first-order valence-corrected chi connectivity index (χ1v) is 4.88. The Kier molecular flexibility index (Phi) is 3.22. The molecular weight excluding hydrogens is 200 g/mol. The van der Waals surface area contributed by atoms with Crippen molar-refractivity contribution >= 4 is 6.09 Å². The molecule has 0 aliphatic carbocycles. The zero-order chi connectivity index (χ0) is 11.7. The summed E-state index contributed by atoms with van der Waals surface area (Å²) in [4.78, 5) is 12.5. The Balaban J connectivity index is 2.65. The predicted molar refractivity (Wildman–Crippen MR) is 53.0 cm³/mol. The molecule has 3 N–H and O–H groups in total. The van der Waals surface area contributed by atoms with E-state index < -0.39 is 17.6 Å². The molecule has 1 rings (SSSR count). The van der Waals surface area contributed by atoms with Crippen LogP contribution in [-0.4, -0.2) is 52.4 Å². The molecule has 1 aliphatic heterocycles. The predicted octanol–water partition coefficient (Wildman–Crippen LogP) is -0.535. The SMILES string of the molecule is CC(C)(C)OC(=O)N1CCNCC1(O)O. The van der Waals surface area contributed by atoms with Crippen LogP contribution in [0.1, 0.15) is 20.8 Å². The number of nitrogens with one attached hydrogen (secondary N) is 1. The molecular formula is C9H18N2O4. The van der Waals surface area contributed by atoms with E-state index in [1.807, 2.05) is 0 Å². The van der Waals surface area contributed by atoms with E-state index in [9.17, 15) is 15.0 Å². The van der Waals surface area contributed by atoms with Gasteiger partial charge in [0.25, 0.3) is 5.91 Å². The topological polar surface area (TPSA) is 82.0 Å². The lowest BCUT2D eigenvalue weighted by Crippen LogP contribution is -2.63. The molecule has 0 unspecified atom stereocenters. The van der Waals surface area contributed by atoms with Crippen molar-refractivity contribution in [1.29, 1.82) is 0 Å². The van der Waals surface area contributed by atoms with E-state index >= 15 is 0 Å². The van der Waals surface area contributed by atoms with Crippen LogP contribution in [0.2, 0.25) is 0 Å². The monoisotopic (exact) mass is 218 g/mol. The largest absolute Gasteiger partial charge is 0.444 e. The molecule has 0 aromatic rings. The van der Waals surface area contributed by atoms with Crippen molar-refractivity contribution in [1.82, 2.24) is 10.2 Å². The first kappa shape index (κ1) is 12.2. The smallest absolute Gasteiger partial charge is 0.414 e. The van der Waals surface area contributed by atoms with Gasteiger partial charge in [-0.2, -0.15) is 0 Å². The van der Waals surface area contributed by atoms with E-state index in [0.717, 1.165) is 4.90 Å². The van der Waals surface area contributed by atoms with Crippen LogP contribution in [0.25, 0.3) is 0 Å². The molecule has 6 nitrogen and oxygen atoms in total. The van der Waals surface area contributed by atoms with Gasteiger partial charge in [0, 0.05) is 13.1 Å². The number of piperazine rings is 1. The van der Waals surface area contributed by atoms with Crippen molar-refractivity contribution in [3.8, 4) is 0 Å². The number of rotatable bonds is 0. The van der Waals surface area contributed by atoms with Gasteiger partial charge in [0.1, 0.15) is 5.60 Å². The molecule has 6 heteroatoms. The van der Waals surface area contributed by atoms with Crippen molar-refractivity contribution in [2.75, 3.05) is 19.6 Å². The van der Waals surface area contributed by atoms with Gasteiger partial charge in [-0.15, -0.1) is 0 Å². The van der Waals surface area contributed by atoms with Gasteiger partial charge in [-0.3, -0.25) is 4.90 Å². The van der Waals surface area contributed by atoms with Crippen LogP contribution >= 0.6 is 0 Å². The molecule has 1 amide bonds. The summed E-state index contributed by atoms with van der Waals surface area (Å²) >= 11 is 0. The minimum absolute atomic E-state index is 0.0771. The number of aliphatic hydroxyl groups is 2. The van der Waals surface area contributed by atoms with E-state index in [1.165, 1.54) is 0 Å². The van der Waals surface area contributed by atoms with Gasteiger partial charge in [0.05, 0.1) is 6.54 Å². The van der Waals surface area contributed by atoms with Gasteiger partial charge in [0.2, 0.25) is 0 Å². The van der Waals surface area contributed by atoms with Crippen LogP contribution in [-0.2, 0) is 4.74 Å². The Labute approximate surface area is 88.8 Å². The normalized spacial score (nSPS) is 21.3. The molecule has 0 saturated carbocycles. The maximum atomic E-state index is 11.6. The second-order valence-electron chi connectivity index (χ2n) is 4.58. The average Bonchev–Trinajstić information content (AvgIpc) is 1.99. The zero-order valence-electron chi connectivity index (χ0n) is 9.28. The van der Waals surface area contributed by atoms with E-state index in [-0.39, 0.29) is 13.1 Å². The van der Waals surface area contributed by atoms with Crippen LogP contribution in [0.4, 0.5) is 4.79 Å². The first-order chi connectivity index (χ1) is 6.72. The third-order valence-corrected chi connectivity index (χ3v) is 1.92. The van der Waals surface area contributed by atoms with Crippen molar-refractivity contribution in [3.63, 3.8) is 0 Å². The molecule has 0 aromatic heterocycles. The summed E-state index contributed by atoms with van der Waals surface area (Å²) in [6.45, 7) is 5.83. The third kappa shape index (κ3) is 3.33. The quantitative estimate of drug-likeness (QED) is 0.476. The first-order valence-electron chi connectivity index (χ1n) is 4.88. The van der Waals surface area contributed by atoms with Crippen LogP contribution in [0, 0.1) is 0 Å². The number of β-amino-alcohol motifs (C(OH)–C–C–N with tert-alkyl or cyclic N) is 2. The lowest BCUT2D eigenvalue weighted by molar-refractivity contribution is -0.256. The lowest BCUT2D eigenvalue weighted by atomic mass is 10.2.